The van der Waals surface area contributed by atoms with E-state index in [0.717, 1.165) is 64.0 Å². The first-order valence-corrected chi connectivity index (χ1v) is 13.2. The molecule has 37 heavy (non-hydrogen) atoms. The molecule has 3 aromatic carbocycles. The van der Waals surface area contributed by atoms with Crippen LogP contribution in [0.2, 0.25) is 0 Å². The van der Waals surface area contributed by atoms with Crippen LogP contribution in [0.15, 0.2) is 59.6 Å². The van der Waals surface area contributed by atoms with Crippen molar-refractivity contribution in [3.63, 3.8) is 0 Å². The Kier molecular flexibility index (Phi) is 8.52. The van der Waals surface area contributed by atoms with E-state index >= 15 is 0 Å². The number of aliphatic imine (C=N–C) groups is 1. The van der Waals surface area contributed by atoms with Gasteiger partial charge in [0, 0.05) is 92.7 Å². The van der Waals surface area contributed by atoms with E-state index in [-0.39, 0.29) is 0 Å². The molecule has 0 aliphatic rings. The van der Waals surface area contributed by atoms with Crippen molar-refractivity contribution < 1.29 is 4.79 Å². The summed E-state index contributed by atoms with van der Waals surface area (Å²) >= 11 is 11.9. The number of hydrogen-bond donors (Lipinski definition) is 0. The maximum absolute atomic E-state index is 12.1. The zero-order valence-electron chi connectivity index (χ0n) is 21.6. The zero-order chi connectivity index (χ0) is 26.5. The predicted molar refractivity (Wildman–Crippen MR) is 161 cm³/mol. The largest absolute Gasteiger partial charge is 0.377 e. The van der Waals surface area contributed by atoms with Crippen LogP contribution < -0.4 is 14.7 Å². The SMILES string of the molecule is CN(C)c1ccc2cc3ccc(N(C)C)c(C=Nc4ccc(N(CCCl)CCCl)cc4)c3nc2c1C=O. The Hall–Kier alpha value is -3.35. The van der Waals surface area contributed by atoms with Crippen LogP contribution in [0.3, 0.4) is 0 Å². The minimum absolute atomic E-state index is 0.536. The van der Waals surface area contributed by atoms with Crippen molar-refractivity contribution in [1.82, 2.24) is 4.98 Å². The third kappa shape index (κ3) is 5.65. The highest BCUT2D eigenvalue weighted by molar-refractivity contribution is 6.18. The van der Waals surface area contributed by atoms with Gasteiger partial charge in [0.2, 0.25) is 0 Å². The number of rotatable bonds is 10. The molecule has 1 aromatic heterocycles. The lowest BCUT2D eigenvalue weighted by atomic mass is 10.0. The van der Waals surface area contributed by atoms with E-state index in [2.05, 4.69) is 23.1 Å². The molecule has 0 radical (unpaired) electrons. The van der Waals surface area contributed by atoms with Crippen LogP contribution in [0.25, 0.3) is 21.8 Å². The number of aldehydes is 1. The smallest absolute Gasteiger partial charge is 0.154 e. The number of carbonyl (C=O) groups excluding carboxylic acids is 1. The Morgan fingerprint density at radius 2 is 1.32 bits per heavy atom. The van der Waals surface area contributed by atoms with E-state index in [0.29, 0.717) is 22.8 Å². The van der Waals surface area contributed by atoms with Gasteiger partial charge in [-0.05, 0) is 42.5 Å². The van der Waals surface area contributed by atoms with E-state index in [9.17, 15) is 4.79 Å². The second kappa shape index (κ2) is 11.8. The highest BCUT2D eigenvalue weighted by Gasteiger charge is 2.15. The second-order valence-electron chi connectivity index (χ2n) is 9.17. The van der Waals surface area contributed by atoms with Crippen molar-refractivity contribution in [2.45, 2.75) is 0 Å². The van der Waals surface area contributed by atoms with Crippen molar-refractivity contribution in [3.05, 3.63) is 65.7 Å². The summed E-state index contributed by atoms with van der Waals surface area (Å²) in [7, 11) is 7.84. The molecule has 6 nitrogen and oxygen atoms in total. The normalized spacial score (nSPS) is 11.4. The first kappa shape index (κ1) is 26.7. The van der Waals surface area contributed by atoms with Crippen molar-refractivity contribution in [3.8, 4) is 0 Å². The minimum atomic E-state index is 0.536. The molecule has 8 heteroatoms. The van der Waals surface area contributed by atoms with Gasteiger partial charge < -0.3 is 14.7 Å². The van der Waals surface area contributed by atoms with Crippen molar-refractivity contribution >= 4 is 80.3 Å². The Balaban J connectivity index is 1.82. The summed E-state index contributed by atoms with van der Waals surface area (Å²) in [5.74, 6) is 1.07. The molecule has 0 aliphatic heterocycles. The number of pyridine rings is 1. The number of alkyl halides is 2. The van der Waals surface area contributed by atoms with E-state index in [1.54, 1.807) is 0 Å². The Morgan fingerprint density at radius 1 is 0.784 bits per heavy atom. The average molecular weight is 537 g/mol. The first-order chi connectivity index (χ1) is 17.9. The van der Waals surface area contributed by atoms with Crippen LogP contribution in [-0.4, -0.2) is 70.5 Å². The van der Waals surface area contributed by atoms with Crippen LogP contribution in [0, 0.1) is 0 Å². The summed E-state index contributed by atoms with van der Waals surface area (Å²) in [5.41, 5.74) is 6.67. The third-order valence-electron chi connectivity index (χ3n) is 6.33. The molecule has 0 aliphatic carbocycles. The van der Waals surface area contributed by atoms with Crippen molar-refractivity contribution in [2.24, 2.45) is 4.99 Å². The number of fused-ring (bicyclic) bond motifs is 2. The summed E-state index contributed by atoms with van der Waals surface area (Å²) in [4.78, 5) is 28.0. The summed E-state index contributed by atoms with van der Waals surface area (Å²) in [6, 6.07) is 18.2. The maximum Gasteiger partial charge on any atom is 0.154 e. The molecule has 0 atom stereocenters. The van der Waals surface area contributed by atoms with Crippen molar-refractivity contribution in [2.75, 3.05) is 67.7 Å². The number of anilines is 3. The van der Waals surface area contributed by atoms with Crippen LogP contribution >= 0.6 is 23.2 Å². The molecular weight excluding hydrogens is 505 g/mol. The molecule has 0 amide bonds. The summed E-state index contributed by atoms with van der Waals surface area (Å²) in [5, 5.41) is 1.91. The fraction of sp³-hybridized carbons (Fsp3) is 0.276. The molecule has 0 saturated carbocycles. The molecule has 0 fully saturated rings. The topological polar surface area (TPSA) is 52.0 Å². The lowest BCUT2D eigenvalue weighted by Gasteiger charge is -2.22. The lowest BCUT2D eigenvalue weighted by Crippen LogP contribution is -2.27. The zero-order valence-corrected chi connectivity index (χ0v) is 23.1. The molecule has 0 bridgehead atoms. The van der Waals surface area contributed by atoms with Crippen LogP contribution in [0.4, 0.5) is 22.7 Å². The third-order valence-corrected chi connectivity index (χ3v) is 6.67. The van der Waals surface area contributed by atoms with E-state index < -0.39 is 0 Å². The van der Waals surface area contributed by atoms with Gasteiger partial charge >= 0.3 is 0 Å². The number of halogens is 2. The Morgan fingerprint density at radius 3 is 1.84 bits per heavy atom. The quantitative estimate of drug-likeness (QED) is 0.102. The highest BCUT2D eigenvalue weighted by atomic mass is 35.5. The van der Waals surface area contributed by atoms with Gasteiger partial charge in [0.1, 0.15) is 0 Å². The molecular formula is C29H31Cl2N5O. The summed E-state index contributed by atoms with van der Waals surface area (Å²) in [6.07, 6.45) is 2.75. The van der Waals surface area contributed by atoms with Gasteiger partial charge in [-0.2, -0.15) is 0 Å². The van der Waals surface area contributed by atoms with Gasteiger partial charge in [-0.3, -0.25) is 9.79 Å². The van der Waals surface area contributed by atoms with E-state index in [1.165, 1.54) is 0 Å². The first-order valence-electron chi connectivity index (χ1n) is 12.1. The van der Waals surface area contributed by atoms with Crippen LogP contribution in [-0.2, 0) is 0 Å². The van der Waals surface area contributed by atoms with E-state index in [1.807, 2.05) is 80.6 Å². The maximum atomic E-state index is 12.1. The van der Waals surface area contributed by atoms with Crippen LogP contribution in [0.5, 0.6) is 0 Å². The Labute approximate surface area is 228 Å². The van der Waals surface area contributed by atoms with Crippen molar-refractivity contribution in [1.29, 1.82) is 0 Å². The molecule has 0 saturated heterocycles. The number of hydrogen-bond acceptors (Lipinski definition) is 6. The summed E-state index contributed by atoms with van der Waals surface area (Å²) < 4.78 is 0. The average Bonchev–Trinajstić information content (AvgIpc) is 2.89. The summed E-state index contributed by atoms with van der Waals surface area (Å²) in [6.45, 7) is 1.47. The predicted octanol–water partition coefficient (Wildman–Crippen LogP) is 6.37. The molecule has 0 unspecified atom stereocenters. The number of nitrogens with zero attached hydrogens (tertiary/aromatic N) is 5. The Bertz CT molecular complexity index is 1430. The van der Waals surface area contributed by atoms with Gasteiger partial charge in [-0.25, -0.2) is 4.98 Å². The van der Waals surface area contributed by atoms with Gasteiger partial charge in [0.05, 0.1) is 22.3 Å². The number of aromatic nitrogens is 1. The molecule has 4 rings (SSSR count). The number of benzene rings is 3. The molecule has 0 spiro atoms. The lowest BCUT2D eigenvalue weighted by molar-refractivity contribution is 0.112. The monoisotopic (exact) mass is 535 g/mol. The second-order valence-corrected chi connectivity index (χ2v) is 9.93. The number of carbonyl (C=O) groups is 1. The molecule has 0 N–H and O–H groups in total. The standard InChI is InChI=1S/C29H31Cl2N5O/c1-34(2)26-11-5-20-17-21-6-12-27(35(3)4)25(19-37)29(21)33-28(20)24(26)18-32-22-7-9-23(10-8-22)36(15-13-30)16-14-31/h5-12,17-19H,13-16H2,1-4H3. The van der Waals surface area contributed by atoms with Gasteiger partial charge in [0.15, 0.2) is 6.29 Å². The van der Waals surface area contributed by atoms with Crippen LogP contribution in [0.1, 0.15) is 15.9 Å². The minimum Gasteiger partial charge on any atom is -0.377 e. The fourth-order valence-corrected chi connectivity index (χ4v) is 4.88. The van der Waals surface area contributed by atoms with Gasteiger partial charge in [0.25, 0.3) is 0 Å². The molecule has 1 heterocycles. The molecule has 4 aromatic rings. The fourth-order valence-electron chi connectivity index (χ4n) is 4.48. The highest BCUT2D eigenvalue weighted by Crippen LogP contribution is 2.32. The van der Waals surface area contributed by atoms with Gasteiger partial charge in [-0.15, -0.1) is 23.2 Å². The van der Waals surface area contributed by atoms with Gasteiger partial charge in [-0.1, -0.05) is 12.1 Å². The van der Waals surface area contributed by atoms with E-state index in [4.69, 9.17) is 33.2 Å². The molecule has 192 valence electrons.